The normalized spacial score (nSPS) is 35.0. The minimum Gasteiger partial charge on any atom is -0.0914 e. The Bertz CT molecular complexity index is 105. The minimum absolute atomic E-state index is 0.904. The maximum absolute atomic E-state index is 2.37. The molecule has 0 heterocycles. The second-order valence-electron chi connectivity index (χ2n) is 3.55. The number of allylic oxidation sites excluding steroid dienone is 2. The van der Waals surface area contributed by atoms with E-state index >= 15 is 0 Å². The molecule has 0 saturated heterocycles. The molecular weight excluding hydrogens is 120 g/mol. The summed E-state index contributed by atoms with van der Waals surface area (Å²) in [6.07, 6.45) is 10.3. The van der Waals surface area contributed by atoms with Gasteiger partial charge < -0.3 is 0 Å². The molecule has 1 rings (SSSR count). The van der Waals surface area contributed by atoms with Crippen molar-refractivity contribution < 1.29 is 0 Å². The van der Waals surface area contributed by atoms with E-state index in [4.69, 9.17) is 0 Å². The van der Waals surface area contributed by atoms with E-state index in [1.807, 2.05) is 0 Å². The Labute approximate surface area is 64.3 Å². The predicted molar refractivity (Wildman–Crippen MR) is 45.9 cm³/mol. The first-order chi connectivity index (χ1) is 4.83. The van der Waals surface area contributed by atoms with Crippen LogP contribution in [0.1, 0.15) is 39.5 Å². The molecule has 0 aromatic carbocycles. The molecule has 58 valence electrons. The summed E-state index contributed by atoms with van der Waals surface area (Å²) in [7, 11) is 0. The van der Waals surface area contributed by atoms with Crippen LogP contribution >= 0.6 is 0 Å². The first-order valence-electron chi connectivity index (χ1n) is 4.45. The number of hydrogen-bond acceptors (Lipinski definition) is 0. The Morgan fingerprint density at radius 3 is 2.20 bits per heavy atom. The lowest BCUT2D eigenvalue weighted by molar-refractivity contribution is 0.330. The fourth-order valence-electron chi connectivity index (χ4n) is 1.75. The molecule has 1 saturated carbocycles. The summed E-state index contributed by atoms with van der Waals surface area (Å²) in [5, 5.41) is 0. The Hall–Kier alpha value is -0.260. The van der Waals surface area contributed by atoms with Gasteiger partial charge in [0.1, 0.15) is 0 Å². The van der Waals surface area contributed by atoms with Crippen molar-refractivity contribution in [2.75, 3.05) is 0 Å². The minimum atomic E-state index is 0.904. The smallest absolute Gasteiger partial charge is 0.0233 e. The van der Waals surface area contributed by atoms with Crippen molar-refractivity contribution >= 4 is 0 Å². The molecule has 0 unspecified atom stereocenters. The van der Waals surface area contributed by atoms with E-state index < -0.39 is 0 Å². The van der Waals surface area contributed by atoms with E-state index in [0.29, 0.717) is 0 Å². The Balaban J connectivity index is 2.26. The van der Waals surface area contributed by atoms with Gasteiger partial charge >= 0.3 is 0 Å². The van der Waals surface area contributed by atoms with Crippen LogP contribution in [0.2, 0.25) is 0 Å². The molecule has 0 N–H and O–H groups in total. The molecule has 1 aliphatic carbocycles. The van der Waals surface area contributed by atoms with Crippen molar-refractivity contribution in [2.45, 2.75) is 39.5 Å². The summed E-state index contributed by atoms with van der Waals surface area (Å²) in [5.74, 6) is 1.89. The Morgan fingerprint density at radius 2 is 1.70 bits per heavy atom. The lowest BCUT2D eigenvalue weighted by Crippen LogP contribution is -2.09. The van der Waals surface area contributed by atoms with Crippen molar-refractivity contribution in [1.82, 2.24) is 0 Å². The van der Waals surface area contributed by atoms with Crippen LogP contribution in [0.4, 0.5) is 0 Å². The summed E-state index contributed by atoms with van der Waals surface area (Å²) in [6.45, 7) is 4.49. The van der Waals surface area contributed by atoms with Gasteiger partial charge in [-0.15, -0.1) is 0 Å². The fourth-order valence-corrected chi connectivity index (χ4v) is 1.75. The fraction of sp³-hybridized carbons (Fsp3) is 0.800. The van der Waals surface area contributed by atoms with E-state index in [9.17, 15) is 0 Å². The molecule has 0 spiro atoms. The predicted octanol–water partition coefficient (Wildman–Crippen LogP) is 3.39. The molecule has 0 aromatic rings. The van der Waals surface area contributed by atoms with Crippen LogP contribution in [0.3, 0.4) is 0 Å². The van der Waals surface area contributed by atoms with Crippen LogP contribution in [-0.4, -0.2) is 0 Å². The number of rotatable bonds is 1. The van der Waals surface area contributed by atoms with Crippen molar-refractivity contribution in [3.8, 4) is 0 Å². The van der Waals surface area contributed by atoms with Gasteiger partial charge in [-0.1, -0.05) is 31.9 Å². The molecular formula is C10H18. The van der Waals surface area contributed by atoms with Crippen molar-refractivity contribution in [3.63, 3.8) is 0 Å². The maximum Gasteiger partial charge on any atom is -0.0233 e. The van der Waals surface area contributed by atoms with Crippen molar-refractivity contribution in [1.29, 1.82) is 0 Å². The zero-order valence-electron chi connectivity index (χ0n) is 7.14. The van der Waals surface area contributed by atoms with Gasteiger partial charge in [-0.05, 0) is 31.6 Å². The van der Waals surface area contributed by atoms with Gasteiger partial charge in [-0.25, -0.2) is 0 Å². The monoisotopic (exact) mass is 138 g/mol. The van der Waals surface area contributed by atoms with E-state index in [-0.39, 0.29) is 0 Å². The third-order valence-electron chi connectivity index (χ3n) is 2.53. The van der Waals surface area contributed by atoms with Crippen LogP contribution in [0.5, 0.6) is 0 Å². The molecule has 1 fully saturated rings. The molecule has 0 nitrogen and oxygen atoms in total. The highest BCUT2D eigenvalue weighted by atomic mass is 14.2. The summed E-state index contributed by atoms with van der Waals surface area (Å²) in [6, 6.07) is 0. The van der Waals surface area contributed by atoms with Gasteiger partial charge in [-0.2, -0.15) is 0 Å². The SMILES string of the molecule is C/C=C/C1CCC(C)CC1. The zero-order chi connectivity index (χ0) is 7.40. The van der Waals surface area contributed by atoms with E-state index in [0.717, 1.165) is 11.8 Å². The molecule has 0 atom stereocenters. The first-order valence-corrected chi connectivity index (χ1v) is 4.45. The van der Waals surface area contributed by atoms with Crippen LogP contribution < -0.4 is 0 Å². The van der Waals surface area contributed by atoms with E-state index in [1.165, 1.54) is 25.7 Å². The largest absolute Gasteiger partial charge is 0.0914 e. The summed E-state index contributed by atoms with van der Waals surface area (Å²) in [5.41, 5.74) is 0. The highest BCUT2D eigenvalue weighted by Crippen LogP contribution is 2.28. The maximum atomic E-state index is 2.37. The first kappa shape index (κ1) is 7.84. The van der Waals surface area contributed by atoms with Gasteiger partial charge in [-0.3, -0.25) is 0 Å². The van der Waals surface area contributed by atoms with Crippen LogP contribution in [0.25, 0.3) is 0 Å². The quantitative estimate of drug-likeness (QED) is 0.487. The Kier molecular flexibility index (Phi) is 2.98. The summed E-state index contributed by atoms with van der Waals surface area (Å²) in [4.78, 5) is 0. The average Bonchev–Trinajstić information content (AvgIpc) is 1.95. The lowest BCUT2D eigenvalue weighted by atomic mass is 9.83. The van der Waals surface area contributed by atoms with Crippen LogP contribution in [0.15, 0.2) is 12.2 Å². The van der Waals surface area contributed by atoms with Gasteiger partial charge in [0.15, 0.2) is 0 Å². The van der Waals surface area contributed by atoms with Gasteiger partial charge in [0, 0.05) is 0 Å². The molecule has 10 heavy (non-hydrogen) atoms. The lowest BCUT2D eigenvalue weighted by Gasteiger charge is -2.23. The van der Waals surface area contributed by atoms with Gasteiger partial charge in [0.05, 0.1) is 0 Å². The average molecular weight is 138 g/mol. The van der Waals surface area contributed by atoms with Gasteiger partial charge in [0.2, 0.25) is 0 Å². The van der Waals surface area contributed by atoms with Crippen LogP contribution in [-0.2, 0) is 0 Å². The van der Waals surface area contributed by atoms with Gasteiger partial charge in [0.25, 0.3) is 0 Å². The summed E-state index contributed by atoms with van der Waals surface area (Å²) < 4.78 is 0. The molecule has 0 amide bonds. The highest BCUT2D eigenvalue weighted by molar-refractivity contribution is 4.87. The third-order valence-corrected chi connectivity index (χ3v) is 2.53. The molecule has 0 aliphatic heterocycles. The number of hydrogen-bond donors (Lipinski definition) is 0. The van der Waals surface area contributed by atoms with Crippen LogP contribution in [0, 0.1) is 11.8 Å². The molecule has 0 radical (unpaired) electrons. The molecule has 0 bridgehead atoms. The molecule has 1 aliphatic rings. The third kappa shape index (κ3) is 2.17. The summed E-state index contributed by atoms with van der Waals surface area (Å²) >= 11 is 0. The topological polar surface area (TPSA) is 0 Å². The molecule has 0 heteroatoms. The van der Waals surface area contributed by atoms with Crippen molar-refractivity contribution in [3.05, 3.63) is 12.2 Å². The standard InChI is InChI=1S/C10H18/c1-3-4-10-7-5-9(2)6-8-10/h3-4,9-10H,5-8H2,1-2H3/b4-3+. The van der Waals surface area contributed by atoms with Crippen molar-refractivity contribution in [2.24, 2.45) is 11.8 Å². The zero-order valence-corrected chi connectivity index (χ0v) is 7.14. The second-order valence-corrected chi connectivity index (χ2v) is 3.55. The Morgan fingerprint density at radius 1 is 1.10 bits per heavy atom. The highest BCUT2D eigenvalue weighted by Gasteiger charge is 2.14. The van der Waals surface area contributed by atoms with E-state index in [2.05, 4.69) is 26.0 Å². The second kappa shape index (κ2) is 3.80. The van der Waals surface area contributed by atoms with E-state index in [1.54, 1.807) is 0 Å². The molecule has 0 aromatic heterocycles.